The van der Waals surface area contributed by atoms with Gasteiger partial charge in [-0.3, -0.25) is 9.59 Å². The van der Waals surface area contributed by atoms with Gasteiger partial charge in [-0.2, -0.15) is 0 Å². The molecule has 1 heterocycles. The summed E-state index contributed by atoms with van der Waals surface area (Å²) in [5, 5.41) is 7.43. The summed E-state index contributed by atoms with van der Waals surface area (Å²) in [6.07, 6.45) is -0.163. The van der Waals surface area contributed by atoms with Crippen LogP contribution in [0.1, 0.15) is 37.0 Å². The Labute approximate surface area is 93.6 Å². The van der Waals surface area contributed by atoms with Crippen LogP contribution in [0.25, 0.3) is 0 Å². The first kappa shape index (κ1) is 12.4. The van der Waals surface area contributed by atoms with Gasteiger partial charge >= 0.3 is 5.97 Å². The Balaban J connectivity index is 2.75. The lowest BCUT2D eigenvalue weighted by atomic mass is 10.2. The van der Waals surface area contributed by atoms with Crippen LogP contribution in [0.4, 0.5) is 0 Å². The maximum Gasteiger partial charge on any atom is 0.328 e. The average Bonchev–Trinajstić information content (AvgIpc) is 2.46. The van der Waals surface area contributed by atoms with E-state index in [0.717, 1.165) is 0 Å². The predicted octanol–water partition coefficient (Wildman–Crippen LogP) is 0.741. The fourth-order valence-corrected chi connectivity index (χ4v) is 1.26. The number of aromatic nitrogens is 3. The molecule has 0 aliphatic carbocycles. The predicted molar refractivity (Wildman–Crippen MR) is 56.0 cm³/mol. The van der Waals surface area contributed by atoms with Gasteiger partial charge in [0.2, 0.25) is 0 Å². The van der Waals surface area contributed by atoms with Crippen molar-refractivity contribution in [3.05, 3.63) is 11.4 Å². The molecule has 6 nitrogen and oxygen atoms in total. The van der Waals surface area contributed by atoms with Crippen LogP contribution in [0, 0.1) is 6.92 Å². The van der Waals surface area contributed by atoms with Crippen molar-refractivity contribution >= 4 is 11.8 Å². The first-order valence-corrected chi connectivity index (χ1v) is 5.02. The van der Waals surface area contributed by atoms with Crippen LogP contribution in [-0.4, -0.2) is 32.9 Å². The summed E-state index contributed by atoms with van der Waals surface area (Å²) in [6, 6.07) is 0. The molecule has 0 radical (unpaired) electrons. The molecule has 6 heteroatoms. The van der Waals surface area contributed by atoms with Gasteiger partial charge in [-0.1, -0.05) is 5.21 Å². The number of carbonyl (C=O) groups excluding carboxylic acids is 2. The number of hydrogen-bond acceptors (Lipinski definition) is 5. The SMILES string of the molecule is CC(=O)c1nnn(CC(=O)OC(C)C)c1C. The molecule has 0 fully saturated rings. The van der Waals surface area contributed by atoms with Crippen molar-refractivity contribution in [1.29, 1.82) is 0 Å². The van der Waals surface area contributed by atoms with Gasteiger partial charge in [-0.05, 0) is 20.8 Å². The number of nitrogens with zero attached hydrogens (tertiary/aromatic N) is 3. The Kier molecular flexibility index (Phi) is 3.76. The van der Waals surface area contributed by atoms with Crippen LogP contribution >= 0.6 is 0 Å². The van der Waals surface area contributed by atoms with Gasteiger partial charge in [0, 0.05) is 6.92 Å². The third kappa shape index (κ3) is 2.88. The molecule has 0 spiro atoms. The Morgan fingerprint density at radius 2 is 2.06 bits per heavy atom. The quantitative estimate of drug-likeness (QED) is 0.558. The highest BCUT2D eigenvalue weighted by Gasteiger charge is 2.15. The number of rotatable bonds is 4. The van der Waals surface area contributed by atoms with Gasteiger partial charge in [0.15, 0.2) is 11.5 Å². The molecule has 0 bridgehead atoms. The molecule has 0 N–H and O–H groups in total. The number of ketones is 1. The molecule has 0 atom stereocenters. The Morgan fingerprint density at radius 1 is 1.44 bits per heavy atom. The molecule has 0 saturated carbocycles. The van der Waals surface area contributed by atoms with Gasteiger partial charge < -0.3 is 4.74 Å². The van der Waals surface area contributed by atoms with Crippen LogP contribution in [0.15, 0.2) is 0 Å². The van der Waals surface area contributed by atoms with Crippen molar-refractivity contribution in [2.24, 2.45) is 0 Å². The van der Waals surface area contributed by atoms with E-state index in [1.54, 1.807) is 20.8 Å². The van der Waals surface area contributed by atoms with Crippen molar-refractivity contribution in [2.75, 3.05) is 0 Å². The minimum Gasteiger partial charge on any atom is -0.462 e. The van der Waals surface area contributed by atoms with E-state index >= 15 is 0 Å². The molecular formula is C10H15N3O3. The minimum atomic E-state index is -0.391. The van der Waals surface area contributed by atoms with Crippen LogP contribution < -0.4 is 0 Å². The van der Waals surface area contributed by atoms with Crippen LogP contribution in [0.2, 0.25) is 0 Å². The Morgan fingerprint density at radius 3 is 2.50 bits per heavy atom. The largest absolute Gasteiger partial charge is 0.462 e. The van der Waals surface area contributed by atoms with E-state index in [-0.39, 0.29) is 24.1 Å². The van der Waals surface area contributed by atoms with Crippen molar-refractivity contribution in [1.82, 2.24) is 15.0 Å². The van der Waals surface area contributed by atoms with E-state index in [9.17, 15) is 9.59 Å². The lowest BCUT2D eigenvalue weighted by molar-refractivity contribution is -0.148. The normalized spacial score (nSPS) is 10.6. The molecule has 1 aromatic rings. The molecule has 0 unspecified atom stereocenters. The summed E-state index contributed by atoms with van der Waals surface area (Å²) >= 11 is 0. The van der Waals surface area contributed by atoms with Gasteiger partial charge in [-0.25, -0.2) is 4.68 Å². The summed E-state index contributed by atoms with van der Waals surface area (Å²) in [5.74, 6) is -0.556. The second-order valence-electron chi connectivity index (χ2n) is 3.78. The van der Waals surface area contributed by atoms with E-state index < -0.39 is 5.97 Å². The highest BCUT2D eigenvalue weighted by atomic mass is 16.5. The second kappa shape index (κ2) is 4.87. The molecule has 1 rings (SSSR count). The summed E-state index contributed by atoms with van der Waals surface area (Å²) in [6.45, 7) is 6.62. The monoisotopic (exact) mass is 225 g/mol. The summed E-state index contributed by atoms with van der Waals surface area (Å²) in [4.78, 5) is 22.5. The molecule has 16 heavy (non-hydrogen) atoms. The van der Waals surface area contributed by atoms with Crippen molar-refractivity contribution < 1.29 is 14.3 Å². The smallest absolute Gasteiger partial charge is 0.328 e. The topological polar surface area (TPSA) is 74.1 Å². The van der Waals surface area contributed by atoms with Crippen LogP contribution in [-0.2, 0) is 16.1 Å². The zero-order chi connectivity index (χ0) is 12.3. The Bertz CT molecular complexity index is 409. The zero-order valence-electron chi connectivity index (χ0n) is 9.85. The van der Waals surface area contributed by atoms with Gasteiger partial charge in [0.25, 0.3) is 0 Å². The van der Waals surface area contributed by atoms with Gasteiger partial charge in [0.1, 0.15) is 6.54 Å². The molecule has 0 aliphatic heterocycles. The van der Waals surface area contributed by atoms with Gasteiger partial charge in [-0.15, -0.1) is 5.10 Å². The second-order valence-corrected chi connectivity index (χ2v) is 3.78. The van der Waals surface area contributed by atoms with Crippen LogP contribution in [0.3, 0.4) is 0 Å². The molecule has 0 amide bonds. The molecular weight excluding hydrogens is 210 g/mol. The number of esters is 1. The fourth-order valence-electron chi connectivity index (χ4n) is 1.26. The maximum absolute atomic E-state index is 11.4. The van der Waals surface area contributed by atoms with E-state index in [4.69, 9.17) is 4.74 Å². The van der Waals surface area contributed by atoms with Crippen molar-refractivity contribution in [3.8, 4) is 0 Å². The highest BCUT2D eigenvalue weighted by Crippen LogP contribution is 2.04. The lowest BCUT2D eigenvalue weighted by Crippen LogP contribution is -2.19. The van der Waals surface area contributed by atoms with Gasteiger partial charge in [0.05, 0.1) is 11.8 Å². The fraction of sp³-hybridized carbons (Fsp3) is 0.600. The van der Waals surface area contributed by atoms with Crippen LogP contribution in [0.5, 0.6) is 0 Å². The maximum atomic E-state index is 11.4. The molecule has 1 aromatic heterocycles. The third-order valence-corrected chi connectivity index (χ3v) is 1.96. The first-order chi connectivity index (χ1) is 7.41. The van der Waals surface area contributed by atoms with E-state index in [1.165, 1.54) is 11.6 Å². The number of carbonyl (C=O) groups is 2. The molecule has 88 valence electrons. The number of ether oxygens (including phenoxy) is 1. The molecule has 0 saturated heterocycles. The third-order valence-electron chi connectivity index (χ3n) is 1.96. The molecule has 0 aromatic carbocycles. The van der Waals surface area contributed by atoms with Crippen molar-refractivity contribution in [2.45, 2.75) is 40.3 Å². The van der Waals surface area contributed by atoms with E-state index in [1.807, 2.05) is 0 Å². The van der Waals surface area contributed by atoms with E-state index in [0.29, 0.717) is 5.69 Å². The highest BCUT2D eigenvalue weighted by molar-refractivity contribution is 5.93. The number of Topliss-reactive ketones (excluding diaryl/α,β-unsaturated/α-hetero) is 1. The van der Waals surface area contributed by atoms with E-state index in [2.05, 4.69) is 10.3 Å². The average molecular weight is 225 g/mol. The first-order valence-electron chi connectivity index (χ1n) is 5.02. The summed E-state index contributed by atoms with van der Waals surface area (Å²) in [7, 11) is 0. The summed E-state index contributed by atoms with van der Waals surface area (Å²) < 4.78 is 6.33. The summed E-state index contributed by atoms with van der Waals surface area (Å²) in [5.41, 5.74) is 0.866. The standard InChI is InChI=1S/C10H15N3O3/c1-6(2)16-9(15)5-13-7(3)10(8(4)14)11-12-13/h6H,5H2,1-4H3. The van der Waals surface area contributed by atoms with Crippen molar-refractivity contribution in [3.63, 3.8) is 0 Å². The Hall–Kier alpha value is -1.72. The minimum absolute atomic E-state index is 0.0235. The zero-order valence-corrected chi connectivity index (χ0v) is 9.85. The number of hydrogen-bond donors (Lipinski definition) is 0. The molecule has 0 aliphatic rings. The lowest BCUT2D eigenvalue weighted by Gasteiger charge is -2.08.